The number of rotatable bonds is 11. The van der Waals surface area contributed by atoms with E-state index in [-0.39, 0.29) is 18.4 Å². The average molecular weight is 277 g/mol. The molecule has 4 nitrogen and oxygen atoms in total. The molecule has 1 unspecified atom stereocenters. The van der Waals surface area contributed by atoms with E-state index in [9.17, 15) is 8.42 Å². The number of nitrogens with one attached hydrogen (secondary N) is 1. The minimum Gasteiger partial charge on any atom is -0.395 e. The van der Waals surface area contributed by atoms with Crippen LogP contribution in [0.15, 0.2) is 12.2 Å². The van der Waals surface area contributed by atoms with Crippen molar-refractivity contribution in [1.29, 1.82) is 0 Å². The van der Waals surface area contributed by atoms with Gasteiger partial charge in [0.05, 0.1) is 12.4 Å². The molecule has 0 aliphatic heterocycles. The van der Waals surface area contributed by atoms with E-state index in [0.29, 0.717) is 0 Å². The largest absolute Gasteiger partial charge is 0.395 e. The van der Waals surface area contributed by atoms with Crippen LogP contribution in [0.4, 0.5) is 0 Å². The van der Waals surface area contributed by atoms with Gasteiger partial charge in [-0.15, -0.1) is 0 Å². The average Bonchev–Trinajstić information content (AvgIpc) is 2.27. The summed E-state index contributed by atoms with van der Waals surface area (Å²) >= 11 is 0. The summed E-state index contributed by atoms with van der Waals surface area (Å²) < 4.78 is 25.3. The highest BCUT2D eigenvalue weighted by atomic mass is 32.2. The number of unbranched alkanes of at least 4 members (excludes halogenated alkanes) is 3. The molecule has 0 saturated heterocycles. The molecule has 0 rings (SSSR count). The van der Waals surface area contributed by atoms with Gasteiger partial charge in [0.15, 0.2) is 0 Å². The van der Waals surface area contributed by atoms with Crippen molar-refractivity contribution in [2.75, 3.05) is 12.4 Å². The second-order valence-corrected chi connectivity index (χ2v) is 6.48. The van der Waals surface area contributed by atoms with Crippen molar-refractivity contribution in [3.8, 4) is 0 Å². The van der Waals surface area contributed by atoms with Gasteiger partial charge in [0, 0.05) is 6.04 Å². The quantitative estimate of drug-likeness (QED) is 0.449. The first-order chi connectivity index (χ1) is 8.52. The fraction of sp³-hybridized carbons (Fsp3) is 0.846. The zero-order valence-electron chi connectivity index (χ0n) is 11.6. The molecule has 0 aliphatic rings. The normalized spacial score (nSPS) is 14.2. The van der Waals surface area contributed by atoms with Crippen LogP contribution in [0.25, 0.3) is 0 Å². The van der Waals surface area contributed by atoms with Gasteiger partial charge >= 0.3 is 0 Å². The van der Waals surface area contributed by atoms with E-state index in [1.807, 2.05) is 6.92 Å². The Kier molecular flexibility index (Phi) is 10.3. The first-order valence-electron chi connectivity index (χ1n) is 6.77. The van der Waals surface area contributed by atoms with Crippen molar-refractivity contribution in [1.82, 2.24) is 4.72 Å². The summed E-state index contributed by atoms with van der Waals surface area (Å²) in [6.07, 6.45) is 10.8. The van der Waals surface area contributed by atoms with Crippen LogP contribution in [0.3, 0.4) is 0 Å². The van der Waals surface area contributed by atoms with Gasteiger partial charge in [-0.2, -0.15) is 0 Å². The standard InChI is InChI=1S/C13H27NO3S/c1-3-4-5-6-7-8-9-10-13(2)14-18(16,17)12-11-15/h7-8,13-15H,3-6,9-12H2,1-2H3/b8-7+. The summed E-state index contributed by atoms with van der Waals surface area (Å²) in [6.45, 7) is 3.70. The number of aliphatic hydroxyl groups excluding tert-OH is 1. The van der Waals surface area contributed by atoms with Crippen molar-refractivity contribution >= 4 is 10.0 Å². The molecule has 0 amide bonds. The van der Waals surface area contributed by atoms with Gasteiger partial charge in [-0.1, -0.05) is 31.9 Å². The van der Waals surface area contributed by atoms with E-state index in [4.69, 9.17) is 5.11 Å². The van der Waals surface area contributed by atoms with E-state index in [0.717, 1.165) is 19.3 Å². The van der Waals surface area contributed by atoms with Crippen molar-refractivity contribution in [2.45, 2.75) is 58.4 Å². The van der Waals surface area contributed by atoms with Gasteiger partial charge in [0.25, 0.3) is 0 Å². The minimum absolute atomic E-state index is 0.0816. The molecule has 5 heteroatoms. The Morgan fingerprint density at radius 1 is 1.22 bits per heavy atom. The summed E-state index contributed by atoms with van der Waals surface area (Å²) in [6, 6.07) is -0.0816. The van der Waals surface area contributed by atoms with E-state index >= 15 is 0 Å². The summed E-state index contributed by atoms with van der Waals surface area (Å²) in [5.74, 6) is -0.218. The summed E-state index contributed by atoms with van der Waals surface area (Å²) in [5, 5.41) is 8.60. The summed E-state index contributed by atoms with van der Waals surface area (Å²) in [7, 11) is -3.31. The van der Waals surface area contributed by atoms with Crippen molar-refractivity contribution in [3.63, 3.8) is 0 Å². The Morgan fingerprint density at radius 2 is 1.89 bits per heavy atom. The first-order valence-corrected chi connectivity index (χ1v) is 8.43. The van der Waals surface area contributed by atoms with Crippen LogP contribution in [0.1, 0.15) is 52.4 Å². The van der Waals surface area contributed by atoms with Crippen molar-refractivity contribution in [2.24, 2.45) is 0 Å². The van der Waals surface area contributed by atoms with Gasteiger partial charge in [-0.05, 0) is 32.6 Å². The molecule has 1 atom stereocenters. The molecule has 0 aromatic heterocycles. The molecule has 0 aromatic carbocycles. The summed E-state index contributed by atoms with van der Waals surface area (Å²) in [5.41, 5.74) is 0. The van der Waals surface area contributed by atoms with Crippen molar-refractivity contribution < 1.29 is 13.5 Å². The Balaban J connectivity index is 3.67. The van der Waals surface area contributed by atoms with Crippen LogP contribution in [0.5, 0.6) is 0 Å². The predicted octanol–water partition coefficient (Wildman–Crippen LogP) is 2.20. The number of allylic oxidation sites excluding steroid dienone is 2. The lowest BCUT2D eigenvalue weighted by Gasteiger charge is -2.12. The molecular formula is C13H27NO3S. The topological polar surface area (TPSA) is 66.4 Å². The van der Waals surface area contributed by atoms with Gasteiger partial charge in [0.1, 0.15) is 0 Å². The van der Waals surface area contributed by atoms with Crippen molar-refractivity contribution in [3.05, 3.63) is 12.2 Å². The molecule has 0 saturated carbocycles. The van der Waals surface area contributed by atoms with E-state index in [1.54, 1.807) is 0 Å². The van der Waals surface area contributed by atoms with Gasteiger partial charge < -0.3 is 5.11 Å². The van der Waals surface area contributed by atoms with Gasteiger partial charge in [-0.3, -0.25) is 0 Å². The van der Waals surface area contributed by atoms with Gasteiger partial charge in [0.2, 0.25) is 10.0 Å². The van der Waals surface area contributed by atoms with Crippen LogP contribution >= 0.6 is 0 Å². The molecule has 108 valence electrons. The zero-order chi connectivity index (χ0) is 13.9. The number of hydrogen-bond acceptors (Lipinski definition) is 3. The second-order valence-electron chi connectivity index (χ2n) is 4.61. The Bertz CT molecular complexity index is 312. The predicted molar refractivity (Wildman–Crippen MR) is 76.0 cm³/mol. The highest BCUT2D eigenvalue weighted by Crippen LogP contribution is 2.03. The molecule has 0 spiro atoms. The molecule has 18 heavy (non-hydrogen) atoms. The monoisotopic (exact) mass is 277 g/mol. The van der Waals surface area contributed by atoms with E-state index in [1.165, 1.54) is 19.3 Å². The molecule has 0 aromatic rings. The van der Waals surface area contributed by atoms with Crippen LogP contribution in [0, 0.1) is 0 Å². The lowest BCUT2D eigenvalue weighted by atomic mass is 10.1. The van der Waals surface area contributed by atoms with E-state index < -0.39 is 10.0 Å². The highest BCUT2D eigenvalue weighted by Gasteiger charge is 2.12. The Labute approximate surface area is 112 Å². The molecule has 0 aliphatic carbocycles. The number of sulfonamides is 1. The smallest absolute Gasteiger partial charge is 0.214 e. The SMILES string of the molecule is CCCCC/C=C/CCC(C)NS(=O)(=O)CCO. The molecular weight excluding hydrogens is 250 g/mol. The fourth-order valence-corrected chi connectivity index (χ4v) is 2.73. The third-order valence-electron chi connectivity index (χ3n) is 2.65. The number of aliphatic hydroxyl groups is 1. The maximum atomic E-state index is 11.4. The molecule has 0 bridgehead atoms. The minimum atomic E-state index is -3.31. The van der Waals surface area contributed by atoms with Crippen LogP contribution in [0.2, 0.25) is 0 Å². The molecule has 0 fully saturated rings. The summed E-state index contributed by atoms with van der Waals surface area (Å²) in [4.78, 5) is 0. The zero-order valence-corrected chi connectivity index (χ0v) is 12.4. The maximum absolute atomic E-state index is 11.4. The first kappa shape index (κ1) is 17.6. The Morgan fingerprint density at radius 3 is 2.50 bits per heavy atom. The molecule has 0 radical (unpaired) electrons. The maximum Gasteiger partial charge on any atom is 0.214 e. The highest BCUT2D eigenvalue weighted by molar-refractivity contribution is 7.89. The second kappa shape index (κ2) is 10.5. The van der Waals surface area contributed by atoms with E-state index in [2.05, 4.69) is 23.8 Å². The third kappa shape index (κ3) is 10.7. The van der Waals surface area contributed by atoms with Crippen LogP contribution in [-0.2, 0) is 10.0 Å². The lowest BCUT2D eigenvalue weighted by molar-refractivity contribution is 0.319. The molecule has 2 N–H and O–H groups in total. The van der Waals surface area contributed by atoms with Crippen LogP contribution < -0.4 is 4.72 Å². The van der Waals surface area contributed by atoms with Crippen LogP contribution in [-0.4, -0.2) is 31.9 Å². The van der Waals surface area contributed by atoms with Gasteiger partial charge in [-0.25, -0.2) is 13.1 Å². The third-order valence-corrected chi connectivity index (χ3v) is 4.13. The fourth-order valence-electron chi connectivity index (χ4n) is 1.64. The lowest BCUT2D eigenvalue weighted by Crippen LogP contribution is -2.35. The Hall–Kier alpha value is -0.390. The number of hydrogen-bond donors (Lipinski definition) is 2. The molecule has 0 heterocycles.